The molecular weight excluding hydrogens is 340 g/mol. The van der Waals surface area contributed by atoms with Gasteiger partial charge in [0.25, 0.3) is 5.92 Å². The zero-order chi connectivity index (χ0) is 18.9. The van der Waals surface area contributed by atoms with Gasteiger partial charge in [-0.15, -0.1) is 0 Å². The van der Waals surface area contributed by atoms with Crippen LogP contribution >= 0.6 is 0 Å². The smallest absolute Gasteiger partial charge is 0.207 e. The minimum Gasteiger partial charge on any atom is -0.207 e. The number of benzene rings is 1. The van der Waals surface area contributed by atoms with Crippen molar-refractivity contribution in [2.45, 2.75) is 83.5 Å². The molecule has 0 bridgehead atoms. The normalized spacial score (nSPS) is 31.8. The molecule has 2 atom stereocenters. The first-order chi connectivity index (χ1) is 12.3. The molecule has 0 amide bonds. The number of alkyl halides is 2. The minimum absolute atomic E-state index is 0.0159. The summed E-state index contributed by atoms with van der Waals surface area (Å²) in [6, 6.07) is 3.28. The zero-order valence-corrected chi connectivity index (χ0v) is 15.8. The molecule has 2 aliphatic carbocycles. The zero-order valence-electron chi connectivity index (χ0n) is 15.8. The van der Waals surface area contributed by atoms with E-state index in [-0.39, 0.29) is 24.2 Å². The van der Waals surface area contributed by atoms with Crippen LogP contribution < -0.4 is 0 Å². The highest BCUT2D eigenvalue weighted by molar-refractivity contribution is 5.28. The Labute approximate surface area is 154 Å². The SMILES string of the molecule is CCCC1CCC(C2CCC(c3ccc(C)c(F)c3F)CC2)C(F)(F)C1. The number of hydrogen-bond donors (Lipinski definition) is 0. The van der Waals surface area contributed by atoms with E-state index in [2.05, 4.69) is 6.92 Å². The maximum absolute atomic E-state index is 14.7. The summed E-state index contributed by atoms with van der Waals surface area (Å²) in [5.41, 5.74) is 0.730. The van der Waals surface area contributed by atoms with Crippen molar-refractivity contribution in [2.75, 3.05) is 0 Å². The van der Waals surface area contributed by atoms with Crippen LogP contribution in [-0.2, 0) is 0 Å². The maximum atomic E-state index is 14.7. The second kappa shape index (κ2) is 7.90. The molecule has 2 fully saturated rings. The molecule has 1 aromatic rings. The fourth-order valence-corrected chi connectivity index (χ4v) is 5.31. The van der Waals surface area contributed by atoms with E-state index in [9.17, 15) is 17.6 Å². The van der Waals surface area contributed by atoms with Crippen LogP contribution in [-0.4, -0.2) is 5.92 Å². The van der Waals surface area contributed by atoms with Crippen LogP contribution in [0.1, 0.15) is 81.8 Å². The van der Waals surface area contributed by atoms with Gasteiger partial charge in [0, 0.05) is 12.3 Å². The van der Waals surface area contributed by atoms with E-state index in [0.29, 0.717) is 43.2 Å². The topological polar surface area (TPSA) is 0 Å². The summed E-state index contributed by atoms with van der Waals surface area (Å²) in [5.74, 6) is -4.50. The number of aryl methyl sites for hydroxylation is 1. The molecule has 0 nitrogen and oxygen atoms in total. The Kier molecular flexibility index (Phi) is 5.98. The van der Waals surface area contributed by atoms with E-state index < -0.39 is 23.5 Å². The highest BCUT2D eigenvalue weighted by Crippen LogP contribution is 2.51. The van der Waals surface area contributed by atoms with Crippen LogP contribution in [0.2, 0.25) is 0 Å². The van der Waals surface area contributed by atoms with Crippen LogP contribution in [0, 0.1) is 36.3 Å². The van der Waals surface area contributed by atoms with E-state index in [1.54, 1.807) is 19.1 Å². The molecule has 2 aliphatic rings. The first kappa shape index (κ1) is 19.7. The molecule has 0 N–H and O–H groups in total. The van der Waals surface area contributed by atoms with Gasteiger partial charge in [-0.2, -0.15) is 0 Å². The Morgan fingerprint density at radius 3 is 2.27 bits per heavy atom. The Balaban J connectivity index is 1.63. The fourth-order valence-electron chi connectivity index (χ4n) is 5.31. The van der Waals surface area contributed by atoms with Gasteiger partial charge in [-0.1, -0.05) is 31.9 Å². The van der Waals surface area contributed by atoms with Crippen molar-refractivity contribution in [3.8, 4) is 0 Å². The minimum atomic E-state index is -2.57. The molecule has 26 heavy (non-hydrogen) atoms. The van der Waals surface area contributed by atoms with Crippen molar-refractivity contribution < 1.29 is 17.6 Å². The summed E-state index contributed by atoms with van der Waals surface area (Å²) in [4.78, 5) is 0. The largest absolute Gasteiger partial charge is 0.251 e. The van der Waals surface area contributed by atoms with Crippen molar-refractivity contribution in [1.82, 2.24) is 0 Å². The van der Waals surface area contributed by atoms with E-state index in [1.165, 1.54) is 0 Å². The molecule has 0 aromatic heterocycles. The molecular formula is C22H30F4. The molecule has 1 aromatic carbocycles. The van der Waals surface area contributed by atoms with Gasteiger partial charge in [0.15, 0.2) is 11.6 Å². The molecule has 0 aliphatic heterocycles. The summed E-state index contributed by atoms with van der Waals surface area (Å²) in [5, 5.41) is 0. The van der Waals surface area contributed by atoms with Gasteiger partial charge >= 0.3 is 0 Å². The standard InChI is InChI=1S/C22H30F4/c1-3-4-15-6-12-19(22(25,26)13-15)17-9-7-16(8-10-17)18-11-5-14(2)20(23)21(18)24/h5,11,15-17,19H,3-4,6-10,12-13H2,1-2H3. The Hall–Kier alpha value is -1.06. The molecule has 3 rings (SSSR count). The van der Waals surface area contributed by atoms with Gasteiger partial charge < -0.3 is 0 Å². The summed E-state index contributed by atoms with van der Waals surface area (Å²) in [6.07, 6.45) is 6.15. The molecule has 0 spiro atoms. The number of rotatable bonds is 4. The summed E-state index contributed by atoms with van der Waals surface area (Å²) in [6.45, 7) is 3.61. The first-order valence-corrected chi connectivity index (χ1v) is 10.2. The third kappa shape index (κ3) is 3.94. The maximum Gasteiger partial charge on any atom is 0.251 e. The second-order valence-corrected chi connectivity index (χ2v) is 8.52. The third-order valence-electron chi connectivity index (χ3n) is 6.77. The molecule has 0 heterocycles. The lowest BCUT2D eigenvalue weighted by molar-refractivity contribution is -0.127. The summed E-state index contributed by atoms with van der Waals surface area (Å²) >= 11 is 0. The van der Waals surface area contributed by atoms with Gasteiger partial charge in [-0.05, 0) is 74.3 Å². The predicted molar refractivity (Wildman–Crippen MR) is 96.5 cm³/mol. The van der Waals surface area contributed by atoms with Gasteiger partial charge in [0.2, 0.25) is 0 Å². The highest BCUT2D eigenvalue weighted by atomic mass is 19.3. The molecule has 4 heteroatoms. The van der Waals surface area contributed by atoms with Gasteiger partial charge in [0.1, 0.15) is 0 Å². The Bertz CT molecular complexity index is 617. The Morgan fingerprint density at radius 2 is 1.65 bits per heavy atom. The predicted octanol–water partition coefficient (Wildman–Crippen LogP) is 7.40. The van der Waals surface area contributed by atoms with Crippen molar-refractivity contribution >= 4 is 0 Å². The molecule has 2 saturated carbocycles. The number of halogens is 4. The quantitative estimate of drug-likeness (QED) is 0.484. The molecule has 0 radical (unpaired) electrons. The monoisotopic (exact) mass is 370 g/mol. The third-order valence-corrected chi connectivity index (χ3v) is 6.77. The highest BCUT2D eigenvalue weighted by Gasteiger charge is 2.48. The molecule has 2 unspecified atom stereocenters. The van der Waals surface area contributed by atoms with E-state index in [0.717, 1.165) is 19.3 Å². The van der Waals surface area contributed by atoms with Gasteiger partial charge in [-0.3, -0.25) is 0 Å². The van der Waals surface area contributed by atoms with E-state index in [4.69, 9.17) is 0 Å². The summed E-state index contributed by atoms with van der Waals surface area (Å²) in [7, 11) is 0. The van der Waals surface area contributed by atoms with Crippen molar-refractivity contribution in [1.29, 1.82) is 0 Å². The van der Waals surface area contributed by atoms with Crippen LogP contribution in [0.4, 0.5) is 17.6 Å². The van der Waals surface area contributed by atoms with E-state index in [1.807, 2.05) is 0 Å². The van der Waals surface area contributed by atoms with Gasteiger partial charge in [-0.25, -0.2) is 17.6 Å². The van der Waals surface area contributed by atoms with Crippen LogP contribution in [0.15, 0.2) is 12.1 Å². The second-order valence-electron chi connectivity index (χ2n) is 8.52. The van der Waals surface area contributed by atoms with Crippen molar-refractivity contribution in [3.63, 3.8) is 0 Å². The van der Waals surface area contributed by atoms with Gasteiger partial charge in [0.05, 0.1) is 0 Å². The molecule has 146 valence electrons. The number of hydrogen-bond acceptors (Lipinski definition) is 0. The lowest BCUT2D eigenvalue weighted by Crippen LogP contribution is -2.41. The van der Waals surface area contributed by atoms with Crippen LogP contribution in [0.25, 0.3) is 0 Å². The first-order valence-electron chi connectivity index (χ1n) is 10.2. The average molecular weight is 370 g/mol. The van der Waals surface area contributed by atoms with Crippen molar-refractivity contribution in [3.05, 3.63) is 34.9 Å². The molecule has 0 saturated heterocycles. The average Bonchev–Trinajstić information content (AvgIpc) is 2.60. The lowest BCUT2D eigenvalue weighted by atomic mass is 9.66. The fraction of sp³-hybridized carbons (Fsp3) is 0.727. The van der Waals surface area contributed by atoms with Crippen LogP contribution in [0.5, 0.6) is 0 Å². The van der Waals surface area contributed by atoms with Crippen molar-refractivity contribution in [2.24, 2.45) is 17.8 Å². The van der Waals surface area contributed by atoms with Crippen LogP contribution in [0.3, 0.4) is 0 Å². The van der Waals surface area contributed by atoms with E-state index >= 15 is 0 Å². The lowest BCUT2D eigenvalue weighted by Gasteiger charge is -2.42. The Morgan fingerprint density at radius 1 is 0.962 bits per heavy atom. The summed E-state index contributed by atoms with van der Waals surface area (Å²) < 4.78 is 57.5.